The molecule has 3 rings (SSSR count). The van der Waals surface area contributed by atoms with Gasteiger partial charge >= 0.3 is 5.97 Å². The second-order valence-corrected chi connectivity index (χ2v) is 7.23. The van der Waals surface area contributed by atoms with Gasteiger partial charge in [-0.2, -0.15) is 0 Å². The van der Waals surface area contributed by atoms with Crippen LogP contribution in [-0.2, 0) is 27.2 Å². The normalized spacial score (nSPS) is 11.1. The van der Waals surface area contributed by atoms with E-state index in [1.807, 2.05) is 50.4 Å². The number of methoxy groups -OCH3 is 1. The maximum Gasteiger partial charge on any atom is 0.306 e. The Morgan fingerprint density at radius 2 is 1.97 bits per heavy atom. The van der Waals surface area contributed by atoms with Crippen molar-refractivity contribution < 1.29 is 19.1 Å². The molecule has 0 atom stereocenters. The Labute approximate surface area is 170 Å². The van der Waals surface area contributed by atoms with E-state index in [-0.39, 0.29) is 24.8 Å². The molecular formula is C23H28N2O4. The Morgan fingerprint density at radius 3 is 2.76 bits per heavy atom. The number of Topliss-reactive ketones (excluding diaryl/α,β-unsaturated/α-hetero) is 1. The van der Waals surface area contributed by atoms with Crippen molar-refractivity contribution in [3.8, 4) is 0 Å². The van der Waals surface area contributed by atoms with Crippen LogP contribution in [0.15, 0.2) is 36.5 Å². The number of H-pyrrole nitrogens is 1. The lowest BCUT2D eigenvalue weighted by Crippen LogP contribution is -2.15. The molecule has 2 heterocycles. The van der Waals surface area contributed by atoms with E-state index in [0.717, 1.165) is 40.8 Å². The van der Waals surface area contributed by atoms with Gasteiger partial charge in [-0.25, -0.2) is 0 Å². The quantitative estimate of drug-likeness (QED) is 0.320. The molecule has 0 saturated heterocycles. The first-order valence-corrected chi connectivity index (χ1v) is 9.90. The van der Waals surface area contributed by atoms with Crippen LogP contribution in [0.2, 0.25) is 0 Å². The fourth-order valence-electron chi connectivity index (χ4n) is 3.67. The molecule has 0 amide bonds. The molecule has 0 radical (unpaired) electrons. The standard InChI is InChI=1S/C23H28N2O4/c1-16-13-20(17(2)25(16)11-6-12-28-3)22(26)15-29-23(27)10-9-18-14-24-21-8-5-4-7-19(18)21/h4-5,7-8,13-14,24H,6,9-12,15H2,1-3H3. The van der Waals surface area contributed by atoms with Crippen LogP contribution >= 0.6 is 0 Å². The summed E-state index contributed by atoms with van der Waals surface area (Å²) in [5.41, 5.74) is 4.66. The molecule has 0 aliphatic heterocycles. The fraction of sp³-hybridized carbons (Fsp3) is 0.391. The summed E-state index contributed by atoms with van der Waals surface area (Å²) in [5.74, 6) is -0.533. The van der Waals surface area contributed by atoms with Crippen molar-refractivity contribution in [2.45, 2.75) is 39.7 Å². The lowest BCUT2D eigenvalue weighted by Gasteiger charge is -2.09. The molecule has 3 aromatic rings. The van der Waals surface area contributed by atoms with Crippen LogP contribution < -0.4 is 0 Å². The molecule has 2 aromatic heterocycles. The first-order chi connectivity index (χ1) is 14.0. The van der Waals surface area contributed by atoms with E-state index >= 15 is 0 Å². The summed E-state index contributed by atoms with van der Waals surface area (Å²) in [6, 6.07) is 9.84. The van der Waals surface area contributed by atoms with Crippen LogP contribution in [-0.4, -0.2) is 41.6 Å². The minimum absolute atomic E-state index is 0.170. The van der Waals surface area contributed by atoms with Crippen LogP contribution in [0.3, 0.4) is 0 Å². The highest BCUT2D eigenvalue weighted by Crippen LogP contribution is 2.19. The predicted octanol–water partition coefficient (Wildman–Crippen LogP) is 3.98. The summed E-state index contributed by atoms with van der Waals surface area (Å²) in [6.07, 6.45) is 3.61. The second kappa shape index (κ2) is 9.56. The summed E-state index contributed by atoms with van der Waals surface area (Å²) >= 11 is 0. The van der Waals surface area contributed by atoms with Crippen LogP contribution in [0.1, 0.15) is 40.2 Å². The fourth-order valence-corrected chi connectivity index (χ4v) is 3.67. The molecule has 1 aromatic carbocycles. The number of nitrogens with zero attached hydrogens (tertiary/aromatic N) is 1. The molecule has 0 unspecified atom stereocenters. The first kappa shape index (κ1) is 20.9. The van der Waals surface area contributed by atoms with Gasteiger partial charge in [-0.1, -0.05) is 18.2 Å². The molecule has 29 heavy (non-hydrogen) atoms. The van der Waals surface area contributed by atoms with Gasteiger partial charge in [-0.15, -0.1) is 0 Å². The van der Waals surface area contributed by atoms with E-state index in [0.29, 0.717) is 18.6 Å². The number of nitrogens with one attached hydrogen (secondary N) is 1. The van der Waals surface area contributed by atoms with E-state index in [9.17, 15) is 9.59 Å². The van der Waals surface area contributed by atoms with Crippen molar-refractivity contribution >= 4 is 22.7 Å². The summed E-state index contributed by atoms with van der Waals surface area (Å²) in [7, 11) is 1.68. The largest absolute Gasteiger partial charge is 0.457 e. The molecule has 0 bridgehead atoms. The summed E-state index contributed by atoms with van der Waals surface area (Å²) in [6.45, 7) is 5.14. The predicted molar refractivity (Wildman–Crippen MR) is 112 cm³/mol. The molecule has 0 saturated carbocycles. The Bertz CT molecular complexity index is 1000. The third-order valence-corrected chi connectivity index (χ3v) is 5.24. The smallest absolute Gasteiger partial charge is 0.306 e. The highest BCUT2D eigenvalue weighted by atomic mass is 16.5. The van der Waals surface area contributed by atoms with Crippen LogP contribution in [0.5, 0.6) is 0 Å². The van der Waals surface area contributed by atoms with Gasteiger partial charge in [0.05, 0.1) is 0 Å². The summed E-state index contributed by atoms with van der Waals surface area (Å²) in [5, 5.41) is 1.11. The number of aromatic nitrogens is 2. The van der Waals surface area contributed by atoms with Gasteiger partial charge in [-0.3, -0.25) is 9.59 Å². The van der Waals surface area contributed by atoms with Gasteiger partial charge in [0.15, 0.2) is 6.61 Å². The molecule has 154 valence electrons. The van der Waals surface area contributed by atoms with Crippen LogP contribution in [0.4, 0.5) is 0 Å². The molecule has 0 aliphatic rings. The van der Waals surface area contributed by atoms with Gasteiger partial charge in [0.1, 0.15) is 0 Å². The highest BCUT2D eigenvalue weighted by molar-refractivity contribution is 5.99. The first-order valence-electron chi connectivity index (χ1n) is 9.90. The molecule has 0 spiro atoms. The van der Waals surface area contributed by atoms with E-state index in [2.05, 4.69) is 9.55 Å². The van der Waals surface area contributed by atoms with Crippen LogP contribution in [0, 0.1) is 13.8 Å². The van der Waals surface area contributed by atoms with E-state index < -0.39 is 0 Å². The van der Waals surface area contributed by atoms with Crippen molar-refractivity contribution in [2.75, 3.05) is 20.3 Å². The zero-order valence-corrected chi connectivity index (χ0v) is 17.3. The molecule has 6 nitrogen and oxygen atoms in total. The number of benzene rings is 1. The number of rotatable bonds is 10. The number of hydrogen-bond donors (Lipinski definition) is 1. The number of esters is 1. The Morgan fingerprint density at radius 1 is 1.17 bits per heavy atom. The van der Waals surface area contributed by atoms with Crippen molar-refractivity contribution in [1.82, 2.24) is 9.55 Å². The number of para-hydroxylation sites is 1. The number of ketones is 1. The highest BCUT2D eigenvalue weighted by Gasteiger charge is 2.17. The van der Waals surface area contributed by atoms with Crippen molar-refractivity contribution in [3.05, 3.63) is 59.0 Å². The van der Waals surface area contributed by atoms with E-state index in [4.69, 9.17) is 9.47 Å². The topological polar surface area (TPSA) is 73.3 Å². The average molecular weight is 396 g/mol. The Balaban J connectivity index is 1.52. The third kappa shape index (κ3) is 4.95. The molecular weight excluding hydrogens is 368 g/mol. The summed E-state index contributed by atoms with van der Waals surface area (Å²) < 4.78 is 12.4. The number of carbonyl (C=O) groups is 2. The van der Waals surface area contributed by atoms with Gasteiger partial charge in [0, 0.05) is 60.7 Å². The number of fused-ring (bicyclic) bond motifs is 1. The second-order valence-electron chi connectivity index (χ2n) is 7.23. The Hall–Kier alpha value is -2.86. The minimum atomic E-state index is -0.363. The van der Waals surface area contributed by atoms with Gasteiger partial charge in [0.2, 0.25) is 5.78 Å². The number of aryl methyl sites for hydroxylation is 2. The maximum absolute atomic E-state index is 12.6. The van der Waals surface area contributed by atoms with E-state index in [1.54, 1.807) is 7.11 Å². The van der Waals surface area contributed by atoms with Gasteiger partial charge in [0.25, 0.3) is 0 Å². The van der Waals surface area contributed by atoms with Crippen molar-refractivity contribution in [3.63, 3.8) is 0 Å². The zero-order chi connectivity index (χ0) is 20.8. The van der Waals surface area contributed by atoms with E-state index in [1.165, 1.54) is 0 Å². The molecule has 1 N–H and O–H groups in total. The molecule has 0 fully saturated rings. The van der Waals surface area contributed by atoms with Crippen molar-refractivity contribution in [2.24, 2.45) is 0 Å². The third-order valence-electron chi connectivity index (χ3n) is 5.24. The maximum atomic E-state index is 12.6. The molecule has 0 aliphatic carbocycles. The number of hydrogen-bond acceptors (Lipinski definition) is 4. The molecule has 6 heteroatoms. The minimum Gasteiger partial charge on any atom is -0.457 e. The lowest BCUT2D eigenvalue weighted by molar-refractivity contribution is -0.142. The lowest BCUT2D eigenvalue weighted by atomic mass is 10.1. The summed E-state index contributed by atoms with van der Waals surface area (Å²) in [4.78, 5) is 27.9. The number of carbonyl (C=O) groups excluding carboxylic acids is 2. The number of aromatic amines is 1. The average Bonchev–Trinajstić information content (AvgIpc) is 3.26. The SMILES string of the molecule is COCCCn1c(C)cc(C(=O)COC(=O)CCc2c[nH]c3ccccc23)c1C. The monoisotopic (exact) mass is 396 g/mol. The number of ether oxygens (including phenoxy) is 2. The van der Waals surface area contributed by atoms with Gasteiger partial charge < -0.3 is 19.0 Å². The van der Waals surface area contributed by atoms with Gasteiger partial charge in [-0.05, 0) is 44.4 Å². The Kier molecular flexibility index (Phi) is 6.88. The van der Waals surface area contributed by atoms with Crippen LogP contribution in [0.25, 0.3) is 10.9 Å². The zero-order valence-electron chi connectivity index (χ0n) is 17.3. The van der Waals surface area contributed by atoms with Crippen molar-refractivity contribution in [1.29, 1.82) is 0 Å².